The molecule has 0 aromatic rings. The Balaban J connectivity index is -0.0000000257. The van der Waals surface area contributed by atoms with Crippen LogP contribution in [-0.2, 0) is 52.4 Å². The molecule has 0 unspecified atom stereocenters. The SMILES string of the molecule is CCC[O-].CCC[O-].CCC[O-].CCC[O-].[Zr+4].[Zr+4]. The van der Waals surface area contributed by atoms with Gasteiger partial charge in [0.15, 0.2) is 0 Å². The largest absolute Gasteiger partial charge is 4.00 e. The van der Waals surface area contributed by atoms with Crippen molar-refractivity contribution >= 4 is 0 Å². The van der Waals surface area contributed by atoms with Crippen molar-refractivity contribution in [1.29, 1.82) is 0 Å². The van der Waals surface area contributed by atoms with E-state index in [9.17, 15) is 20.4 Å². The van der Waals surface area contributed by atoms with Crippen LogP contribution in [0, 0.1) is 0 Å². The maximum Gasteiger partial charge on any atom is 4.00 e. The summed E-state index contributed by atoms with van der Waals surface area (Å²) in [6.07, 6.45) is 3.06. The van der Waals surface area contributed by atoms with Gasteiger partial charge in [0.2, 0.25) is 0 Å². The molecule has 6 heteroatoms. The van der Waals surface area contributed by atoms with Crippen LogP contribution < -0.4 is 20.4 Å². The van der Waals surface area contributed by atoms with Crippen LogP contribution in [0.5, 0.6) is 0 Å². The van der Waals surface area contributed by atoms with Crippen LogP contribution in [0.4, 0.5) is 0 Å². The minimum absolute atomic E-state index is 0. The number of hydrogen-bond acceptors (Lipinski definition) is 4. The van der Waals surface area contributed by atoms with Crippen molar-refractivity contribution in [2.24, 2.45) is 0 Å². The maximum atomic E-state index is 9.30. The first-order valence-electron chi connectivity index (χ1n) is 5.98. The molecule has 0 atom stereocenters. The predicted molar refractivity (Wildman–Crippen MR) is 60.6 cm³/mol. The normalized spacial score (nSPS) is 6.67. The monoisotopic (exact) mass is 416 g/mol. The zero-order chi connectivity index (χ0) is 13.7. The third-order valence-electron chi connectivity index (χ3n) is 0.816. The summed E-state index contributed by atoms with van der Waals surface area (Å²) in [5.41, 5.74) is 0. The minimum Gasteiger partial charge on any atom is -0.854 e. The van der Waals surface area contributed by atoms with Gasteiger partial charge in [-0.1, -0.05) is 53.4 Å². The average molecular weight is 419 g/mol. The molecular formula is C12H28O4Zr2+4. The fourth-order valence-corrected chi connectivity index (χ4v) is 0. The van der Waals surface area contributed by atoms with Gasteiger partial charge in [0.1, 0.15) is 0 Å². The van der Waals surface area contributed by atoms with Crippen molar-refractivity contribution in [3.8, 4) is 0 Å². The molecule has 4 nitrogen and oxygen atoms in total. The van der Waals surface area contributed by atoms with Crippen LogP contribution in [0.15, 0.2) is 0 Å². The third kappa shape index (κ3) is 154. The molecule has 104 valence electrons. The standard InChI is InChI=1S/4C3H7O.2Zr/c4*1-2-3-4;;/h4*2-3H2,1H3;;/q4*-1;2*+4. The van der Waals surface area contributed by atoms with Crippen LogP contribution in [0.2, 0.25) is 0 Å². The van der Waals surface area contributed by atoms with Crippen LogP contribution in [0.1, 0.15) is 53.4 Å². The van der Waals surface area contributed by atoms with E-state index in [1.165, 1.54) is 0 Å². The molecule has 0 aromatic carbocycles. The van der Waals surface area contributed by atoms with E-state index in [4.69, 9.17) is 0 Å². The van der Waals surface area contributed by atoms with Gasteiger partial charge in [-0.25, -0.2) is 0 Å². The van der Waals surface area contributed by atoms with Gasteiger partial charge in [0.05, 0.1) is 0 Å². The molecule has 0 spiro atoms. The smallest absolute Gasteiger partial charge is 0.854 e. The average Bonchev–Trinajstić information content (AvgIpc) is 2.39. The summed E-state index contributed by atoms with van der Waals surface area (Å²) in [5, 5.41) is 37.2. The summed E-state index contributed by atoms with van der Waals surface area (Å²) in [6.45, 7) is 7.75. The van der Waals surface area contributed by atoms with Crippen LogP contribution >= 0.6 is 0 Å². The van der Waals surface area contributed by atoms with Crippen LogP contribution in [0.3, 0.4) is 0 Å². The molecule has 0 bridgehead atoms. The summed E-state index contributed by atoms with van der Waals surface area (Å²) in [6, 6.07) is 0. The van der Waals surface area contributed by atoms with Gasteiger partial charge in [0, 0.05) is 0 Å². The first-order valence-corrected chi connectivity index (χ1v) is 5.98. The van der Waals surface area contributed by atoms with Crippen LogP contribution in [0.25, 0.3) is 0 Å². The van der Waals surface area contributed by atoms with E-state index in [0.29, 0.717) is 0 Å². The zero-order valence-electron chi connectivity index (χ0n) is 12.3. The van der Waals surface area contributed by atoms with E-state index in [2.05, 4.69) is 0 Å². The Morgan fingerprint density at radius 1 is 0.444 bits per heavy atom. The minimum atomic E-state index is 0. The molecule has 0 rings (SSSR count). The molecule has 0 aliphatic carbocycles. The topological polar surface area (TPSA) is 92.2 Å². The second-order valence-electron chi connectivity index (χ2n) is 2.82. The molecule has 0 saturated heterocycles. The molecule has 0 aliphatic rings. The van der Waals surface area contributed by atoms with E-state index < -0.39 is 0 Å². The van der Waals surface area contributed by atoms with E-state index >= 15 is 0 Å². The first kappa shape index (κ1) is 36.7. The fourth-order valence-electron chi connectivity index (χ4n) is 0. The van der Waals surface area contributed by atoms with Gasteiger partial charge < -0.3 is 20.4 Å². The first-order chi connectivity index (χ1) is 7.66. The van der Waals surface area contributed by atoms with Gasteiger partial charge in [-0.2, -0.15) is 0 Å². The van der Waals surface area contributed by atoms with Crippen molar-refractivity contribution in [2.45, 2.75) is 53.4 Å². The Bertz CT molecular complexity index is 46.0. The van der Waals surface area contributed by atoms with Gasteiger partial charge in [-0.05, 0) is 0 Å². The quantitative estimate of drug-likeness (QED) is 0.587. The van der Waals surface area contributed by atoms with Gasteiger partial charge in [-0.3, -0.25) is 0 Å². The van der Waals surface area contributed by atoms with Gasteiger partial charge in [-0.15, -0.1) is 26.4 Å². The molecule has 0 N–H and O–H groups in total. The Morgan fingerprint density at radius 2 is 0.500 bits per heavy atom. The molecule has 0 aromatic heterocycles. The van der Waals surface area contributed by atoms with E-state index in [1.807, 2.05) is 27.7 Å². The summed E-state index contributed by atoms with van der Waals surface area (Å²) < 4.78 is 0. The van der Waals surface area contributed by atoms with E-state index in [1.54, 1.807) is 0 Å². The fraction of sp³-hybridized carbons (Fsp3) is 1.00. The second-order valence-corrected chi connectivity index (χ2v) is 2.82. The maximum absolute atomic E-state index is 9.30. The molecule has 0 amide bonds. The van der Waals surface area contributed by atoms with Crippen molar-refractivity contribution in [1.82, 2.24) is 0 Å². The van der Waals surface area contributed by atoms with Gasteiger partial charge in [0.25, 0.3) is 0 Å². The second kappa shape index (κ2) is 62.5. The van der Waals surface area contributed by atoms with Crippen molar-refractivity contribution in [3.63, 3.8) is 0 Å². The molecule has 0 aliphatic heterocycles. The van der Waals surface area contributed by atoms with Crippen molar-refractivity contribution in [2.75, 3.05) is 26.4 Å². The summed E-state index contributed by atoms with van der Waals surface area (Å²) >= 11 is 0. The van der Waals surface area contributed by atoms with Crippen molar-refractivity contribution < 1.29 is 72.8 Å². The molecule has 0 saturated carbocycles. The molecular weight excluding hydrogens is 391 g/mol. The number of rotatable bonds is 4. The van der Waals surface area contributed by atoms with E-state index in [0.717, 1.165) is 25.7 Å². The van der Waals surface area contributed by atoms with E-state index in [-0.39, 0.29) is 78.8 Å². The Morgan fingerprint density at radius 3 is 0.500 bits per heavy atom. The predicted octanol–water partition coefficient (Wildman–Crippen LogP) is -0.978. The van der Waals surface area contributed by atoms with Crippen LogP contribution in [-0.4, -0.2) is 26.4 Å². The summed E-state index contributed by atoms with van der Waals surface area (Å²) in [5.74, 6) is 0. The summed E-state index contributed by atoms with van der Waals surface area (Å²) in [7, 11) is 0. The zero-order valence-corrected chi connectivity index (χ0v) is 17.2. The Hall–Kier alpha value is 1.61. The molecule has 0 heterocycles. The number of hydrogen-bond donors (Lipinski definition) is 0. The Kier molecular flexibility index (Phi) is 127. The Labute approximate surface area is 151 Å². The molecule has 18 heavy (non-hydrogen) atoms. The van der Waals surface area contributed by atoms with Crippen molar-refractivity contribution in [3.05, 3.63) is 0 Å². The van der Waals surface area contributed by atoms with Gasteiger partial charge >= 0.3 is 52.4 Å². The summed E-state index contributed by atoms with van der Waals surface area (Å²) in [4.78, 5) is 0. The molecule has 0 fully saturated rings. The molecule has 0 radical (unpaired) electrons. The third-order valence-corrected chi connectivity index (χ3v) is 0.816.